The van der Waals surface area contributed by atoms with Crippen LogP contribution in [-0.2, 0) is 0 Å². The molecule has 0 amide bonds. The Balaban J connectivity index is 1.89. The summed E-state index contributed by atoms with van der Waals surface area (Å²) >= 11 is 7.03. The first-order chi connectivity index (χ1) is 9.15. The minimum atomic E-state index is 0.511. The van der Waals surface area contributed by atoms with Gasteiger partial charge in [0.05, 0.1) is 10.7 Å². The molecule has 2 aliphatic rings. The lowest BCUT2D eigenvalue weighted by molar-refractivity contribution is 0.576. The Morgan fingerprint density at radius 1 is 1.42 bits per heavy atom. The lowest BCUT2D eigenvalue weighted by Crippen LogP contribution is -2.44. The fraction of sp³-hybridized carbons (Fsp3) is 0.455. The van der Waals surface area contributed by atoms with Crippen LogP contribution in [0.2, 0.25) is 0 Å². The molecule has 0 spiro atoms. The molecule has 2 aliphatic heterocycles. The molecule has 4 rings (SSSR count). The van der Waals surface area contributed by atoms with Crippen molar-refractivity contribution in [3.8, 4) is 0 Å². The number of aromatic nitrogens is 3. The van der Waals surface area contributed by atoms with Crippen LogP contribution in [0.4, 0.5) is 11.6 Å². The van der Waals surface area contributed by atoms with E-state index in [0.29, 0.717) is 17.9 Å². The molecule has 0 aromatic carbocycles. The molecule has 6 nitrogen and oxygen atoms in total. The van der Waals surface area contributed by atoms with E-state index in [1.807, 2.05) is 0 Å². The smallest absolute Gasteiger partial charge is 0.173 e. The highest BCUT2D eigenvalue weighted by Crippen LogP contribution is 2.37. The number of piperazine rings is 1. The van der Waals surface area contributed by atoms with Crippen LogP contribution >= 0.6 is 31.9 Å². The molecular formula is C11H12Br2N6. The predicted molar refractivity (Wildman–Crippen MR) is 80.3 cm³/mol. The van der Waals surface area contributed by atoms with Gasteiger partial charge in [0.2, 0.25) is 0 Å². The van der Waals surface area contributed by atoms with Crippen molar-refractivity contribution in [3.63, 3.8) is 0 Å². The monoisotopic (exact) mass is 386 g/mol. The molecule has 0 unspecified atom stereocenters. The second-order valence-corrected chi connectivity index (χ2v) is 6.66. The lowest BCUT2D eigenvalue weighted by atomic mass is 10.2. The number of nitrogens with two attached hydrogens (primary N) is 1. The summed E-state index contributed by atoms with van der Waals surface area (Å²) in [7, 11) is 0. The van der Waals surface area contributed by atoms with E-state index in [1.165, 1.54) is 6.42 Å². The minimum Gasteiger partial charge on any atom is -0.383 e. The summed E-state index contributed by atoms with van der Waals surface area (Å²) < 4.78 is 3.32. The Labute approximate surface area is 126 Å². The Bertz CT molecular complexity index is 669. The van der Waals surface area contributed by atoms with Gasteiger partial charge in [0, 0.05) is 25.2 Å². The molecule has 2 aromatic heterocycles. The van der Waals surface area contributed by atoms with E-state index in [9.17, 15) is 0 Å². The topological polar surface area (TPSA) is 71.5 Å². The molecule has 2 saturated heterocycles. The van der Waals surface area contributed by atoms with Gasteiger partial charge in [-0.3, -0.25) is 0 Å². The predicted octanol–water partition coefficient (Wildman–Crippen LogP) is 1.39. The molecule has 0 aliphatic carbocycles. The van der Waals surface area contributed by atoms with E-state index < -0.39 is 0 Å². The second-order valence-electron chi connectivity index (χ2n) is 5.01. The third-order valence-electron chi connectivity index (χ3n) is 3.89. The highest BCUT2D eigenvalue weighted by Gasteiger charge is 2.39. The van der Waals surface area contributed by atoms with Crippen molar-refractivity contribution >= 4 is 49.1 Å². The first kappa shape index (κ1) is 11.9. The number of nitrogens with one attached hydrogen (secondary N) is 1. The maximum Gasteiger partial charge on any atom is 0.173 e. The fourth-order valence-electron chi connectivity index (χ4n) is 2.97. The van der Waals surface area contributed by atoms with Crippen LogP contribution < -0.4 is 16.0 Å². The van der Waals surface area contributed by atoms with Crippen molar-refractivity contribution in [1.29, 1.82) is 0 Å². The van der Waals surface area contributed by atoms with Crippen molar-refractivity contribution in [2.45, 2.75) is 18.5 Å². The summed E-state index contributed by atoms with van der Waals surface area (Å²) in [6.45, 7) is 2.00. The number of hydrogen-bond donors (Lipinski definition) is 2. The van der Waals surface area contributed by atoms with E-state index in [1.54, 1.807) is 10.7 Å². The summed E-state index contributed by atoms with van der Waals surface area (Å²) in [6.07, 6.45) is 2.90. The lowest BCUT2D eigenvalue weighted by Gasteiger charge is -2.29. The van der Waals surface area contributed by atoms with Crippen LogP contribution in [0.1, 0.15) is 6.42 Å². The SMILES string of the molecule is Nc1c(Br)c(N2C[C@H]3C[C@@H]2CN3)nc2c(Br)cnn12. The third-order valence-corrected chi connectivity index (χ3v) is 5.21. The zero-order chi connectivity index (χ0) is 13.1. The number of halogens is 2. The molecule has 4 heterocycles. The number of nitrogen functional groups attached to an aromatic ring is 1. The average Bonchev–Trinajstić information content (AvgIpc) is 3.09. The Morgan fingerprint density at radius 2 is 2.26 bits per heavy atom. The van der Waals surface area contributed by atoms with Crippen molar-refractivity contribution < 1.29 is 0 Å². The van der Waals surface area contributed by atoms with Crippen LogP contribution in [0.5, 0.6) is 0 Å². The summed E-state index contributed by atoms with van der Waals surface area (Å²) in [5.74, 6) is 1.50. The average molecular weight is 388 g/mol. The van der Waals surface area contributed by atoms with Gasteiger partial charge >= 0.3 is 0 Å². The first-order valence-corrected chi connectivity index (χ1v) is 7.72. The highest BCUT2D eigenvalue weighted by molar-refractivity contribution is 9.11. The molecule has 19 heavy (non-hydrogen) atoms. The molecule has 2 aromatic rings. The van der Waals surface area contributed by atoms with Gasteiger partial charge in [0.1, 0.15) is 16.1 Å². The maximum atomic E-state index is 6.15. The third kappa shape index (κ3) is 1.63. The largest absolute Gasteiger partial charge is 0.383 e. The molecule has 2 atom stereocenters. The van der Waals surface area contributed by atoms with Crippen LogP contribution in [-0.4, -0.2) is 39.8 Å². The molecule has 2 fully saturated rings. The van der Waals surface area contributed by atoms with Gasteiger partial charge in [0.25, 0.3) is 0 Å². The minimum absolute atomic E-state index is 0.511. The molecule has 8 heteroatoms. The van der Waals surface area contributed by atoms with E-state index in [-0.39, 0.29) is 0 Å². The highest BCUT2D eigenvalue weighted by atomic mass is 79.9. The second kappa shape index (κ2) is 4.07. The standard InChI is InChI=1S/C11H12Br2N6/c12-7-3-16-19-9(14)8(13)11(17-10(7)19)18-4-5-1-6(18)2-15-5/h3,5-6,15H,1-2,4,14H2/t5-,6-/m1/s1. The summed E-state index contributed by atoms with van der Waals surface area (Å²) in [6, 6.07) is 1.09. The van der Waals surface area contributed by atoms with Crippen LogP contribution in [0, 0.1) is 0 Å². The summed E-state index contributed by atoms with van der Waals surface area (Å²) in [4.78, 5) is 7.06. The number of fused-ring (bicyclic) bond motifs is 3. The van der Waals surface area contributed by atoms with Gasteiger partial charge in [0.15, 0.2) is 5.65 Å². The van der Waals surface area contributed by atoms with Gasteiger partial charge in [-0.15, -0.1) is 0 Å². The van der Waals surface area contributed by atoms with Gasteiger partial charge in [-0.1, -0.05) is 0 Å². The van der Waals surface area contributed by atoms with Crippen molar-refractivity contribution in [2.75, 3.05) is 23.7 Å². The zero-order valence-electron chi connectivity index (χ0n) is 9.98. The molecule has 0 radical (unpaired) electrons. The maximum absolute atomic E-state index is 6.15. The van der Waals surface area contributed by atoms with Crippen molar-refractivity contribution in [1.82, 2.24) is 19.9 Å². The number of rotatable bonds is 1. The molecule has 2 bridgehead atoms. The van der Waals surface area contributed by atoms with Gasteiger partial charge in [-0.2, -0.15) is 9.61 Å². The van der Waals surface area contributed by atoms with Crippen molar-refractivity contribution in [3.05, 3.63) is 15.1 Å². The van der Waals surface area contributed by atoms with E-state index in [4.69, 9.17) is 10.7 Å². The molecule has 100 valence electrons. The molecule has 0 saturated carbocycles. The summed E-state index contributed by atoms with van der Waals surface area (Å²) in [5, 5.41) is 7.71. The number of anilines is 2. The van der Waals surface area contributed by atoms with E-state index >= 15 is 0 Å². The summed E-state index contributed by atoms with van der Waals surface area (Å²) in [5.41, 5.74) is 6.90. The van der Waals surface area contributed by atoms with Crippen LogP contribution in [0.3, 0.4) is 0 Å². The first-order valence-electron chi connectivity index (χ1n) is 6.13. The Hall–Kier alpha value is -0.860. The van der Waals surface area contributed by atoms with Crippen LogP contribution in [0.15, 0.2) is 15.1 Å². The van der Waals surface area contributed by atoms with E-state index in [2.05, 4.69) is 47.2 Å². The number of nitrogens with zero attached hydrogens (tertiary/aromatic N) is 4. The van der Waals surface area contributed by atoms with Gasteiger partial charge < -0.3 is 16.0 Å². The van der Waals surface area contributed by atoms with Crippen LogP contribution in [0.25, 0.3) is 5.65 Å². The Kier molecular flexibility index (Phi) is 2.55. The normalized spacial score (nSPS) is 25.7. The van der Waals surface area contributed by atoms with Gasteiger partial charge in [-0.05, 0) is 38.3 Å². The van der Waals surface area contributed by atoms with Gasteiger partial charge in [-0.25, -0.2) is 4.98 Å². The molecule has 3 N–H and O–H groups in total. The van der Waals surface area contributed by atoms with E-state index in [0.717, 1.165) is 33.5 Å². The Morgan fingerprint density at radius 3 is 2.95 bits per heavy atom. The quantitative estimate of drug-likeness (QED) is 0.773. The zero-order valence-corrected chi connectivity index (χ0v) is 13.1. The van der Waals surface area contributed by atoms with Crippen molar-refractivity contribution in [2.24, 2.45) is 0 Å². The fourth-order valence-corrected chi connectivity index (χ4v) is 3.80. The number of hydrogen-bond acceptors (Lipinski definition) is 5. The molecular weight excluding hydrogens is 376 g/mol.